The van der Waals surface area contributed by atoms with E-state index in [9.17, 15) is 0 Å². The maximum absolute atomic E-state index is 5.62. The third kappa shape index (κ3) is 1.93. The molecule has 5 N–H and O–H groups in total. The molecule has 0 bridgehead atoms. The number of nitrogens with zero attached hydrogens (tertiary/aromatic N) is 2. The van der Waals surface area contributed by atoms with E-state index in [-0.39, 0.29) is 0 Å². The van der Waals surface area contributed by atoms with Crippen molar-refractivity contribution in [2.24, 2.45) is 0 Å². The summed E-state index contributed by atoms with van der Waals surface area (Å²) in [6.45, 7) is 2.03. The molecule has 5 nitrogen and oxygen atoms in total. The first-order valence-corrected chi connectivity index (χ1v) is 4.86. The summed E-state index contributed by atoms with van der Waals surface area (Å²) in [6.07, 6.45) is 2.12. The number of nitrogens with one attached hydrogen (secondary N) is 1. The van der Waals surface area contributed by atoms with Crippen LogP contribution in [0.5, 0.6) is 0 Å². The first kappa shape index (κ1) is 9.21. The monoisotopic (exact) mass is 193 g/mol. The standard InChI is InChI=1S/C9H15N5/c10-7-5-8(11)14-9(13-7)6-1-3-12-4-2-6/h5-6,12H,1-4H2,(H4,10,11,13,14). The molecule has 2 heterocycles. The molecule has 1 saturated heterocycles. The van der Waals surface area contributed by atoms with E-state index >= 15 is 0 Å². The van der Waals surface area contributed by atoms with Crippen molar-refractivity contribution in [3.63, 3.8) is 0 Å². The van der Waals surface area contributed by atoms with Gasteiger partial charge < -0.3 is 16.8 Å². The molecule has 1 aromatic heterocycles. The fourth-order valence-corrected chi connectivity index (χ4v) is 1.77. The van der Waals surface area contributed by atoms with Crippen LogP contribution in [0.15, 0.2) is 6.07 Å². The van der Waals surface area contributed by atoms with Crippen LogP contribution in [0.4, 0.5) is 11.6 Å². The number of piperidine rings is 1. The largest absolute Gasteiger partial charge is 0.384 e. The maximum atomic E-state index is 5.62. The van der Waals surface area contributed by atoms with Gasteiger partial charge in [0.2, 0.25) is 0 Å². The summed E-state index contributed by atoms with van der Waals surface area (Å²) >= 11 is 0. The zero-order chi connectivity index (χ0) is 9.97. The summed E-state index contributed by atoms with van der Waals surface area (Å²) < 4.78 is 0. The molecule has 0 radical (unpaired) electrons. The van der Waals surface area contributed by atoms with E-state index in [1.165, 1.54) is 0 Å². The molecular formula is C9H15N5. The summed E-state index contributed by atoms with van der Waals surface area (Å²) in [6, 6.07) is 1.59. The lowest BCUT2D eigenvalue weighted by molar-refractivity contribution is 0.445. The Morgan fingerprint density at radius 3 is 2.29 bits per heavy atom. The normalized spacial score (nSPS) is 18.3. The number of hydrogen-bond donors (Lipinski definition) is 3. The van der Waals surface area contributed by atoms with Crippen LogP contribution in [-0.2, 0) is 0 Å². The predicted octanol–water partition coefficient (Wildman–Crippen LogP) is 0.108. The van der Waals surface area contributed by atoms with E-state index in [1.807, 2.05) is 0 Å². The molecule has 1 aliphatic heterocycles. The molecule has 5 heteroatoms. The second-order valence-corrected chi connectivity index (χ2v) is 3.60. The van der Waals surface area contributed by atoms with Gasteiger partial charge in [-0.2, -0.15) is 0 Å². The minimum atomic E-state index is 0.405. The van der Waals surface area contributed by atoms with E-state index in [4.69, 9.17) is 11.5 Å². The Kier molecular flexibility index (Phi) is 2.49. The van der Waals surface area contributed by atoms with Crippen LogP contribution in [0, 0.1) is 0 Å². The molecule has 1 fully saturated rings. The van der Waals surface area contributed by atoms with E-state index < -0.39 is 0 Å². The highest BCUT2D eigenvalue weighted by Gasteiger charge is 2.18. The van der Waals surface area contributed by atoms with Crippen LogP contribution < -0.4 is 16.8 Å². The van der Waals surface area contributed by atoms with Gasteiger partial charge in [0.25, 0.3) is 0 Å². The zero-order valence-electron chi connectivity index (χ0n) is 8.03. The molecule has 14 heavy (non-hydrogen) atoms. The van der Waals surface area contributed by atoms with Crippen LogP contribution >= 0.6 is 0 Å². The number of nitrogen functional groups attached to an aromatic ring is 2. The molecule has 2 rings (SSSR count). The molecule has 1 aromatic rings. The number of nitrogens with two attached hydrogens (primary N) is 2. The van der Waals surface area contributed by atoms with Crippen molar-refractivity contribution in [1.29, 1.82) is 0 Å². The third-order valence-electron chi connectivity index (χ3n) is 2.49. The first-order valence-electron chi connectivity index (χ1n) is 4.86. The summed E-state index contributed by atoms with van der Waals surface area (Å²) in [5.41, 5.74) is 11.2. The second kappa shape index (κ2) is 3.79. The first-order chi connectivity index (χ1) is 6.75. The molecule has 0 atom stereocenters. The Morgan fingerprint density at radius 2 is 1.71 bits per heavy atom. The van der Waals surface area contributed by atoms with E-state index in [1.54, 1.807) is 6.07 Å². The van der Waals surface area contributed by atoms with Crippen molar-refractivity contribution in [3.05, 3.63) is 11.9 Å². The average Bonchev–Trinajstić information content (AvgIpc) is 2.18. The van der Waals surface area contributed by atoms with Gasteiger partial charge in [0.05, 0.1) is 0 Å². The van der Waals surface area contributed by atoms with Crippen molar-refractivity contribution in [2.45, 2.75) is 18.8 Å². The minimum absolute atomic E-state index is 0.405. The molecule has 0 amide bonds. The van der Waals surface area contributed by atoms with Crippen LogP contribution in [-0.4, -0.2) is 23.1 Å². The van der Waals surface area contributed by atoms with Gasteiger partial charge in [0, 0.05) is 12.0 Å². The lowest BCUT2D eigenvalue weighted by atomic mass is 9.97. The molecule has 0 aliphatic carbocycles. The van der Waals surface area contributed by atoms with Crippen molar-refractivity contribution in [2.75, 3.05) is 24.6 Å². The van der Waals surface area contributed by atoms with E-state index in [0.29, 0.717) is 17.6 Å². The second-order valence-electron chi connectivity index (χ2n) is 3.60. The van der Waals surface area contributed by atoms with Gasteiger partial charge >= 0.3 is 0 Å². The van der Waals surface area contributed by atoms with Gasteiger partial charge in [-0.25, -0.2) is 9.97 Å². The zero-order valence-corrected chi connectivity index (χ0v) is 8.03. The Balaban J connectivity index is 2.21. The smallest absolute Gasteiger partial charge is 0.136 e. The fourth-order valence-electron chi connectivity index (χ4n) is 1.77. The van der Waals surface area contributed by atoms with Crippen LogP contribution in [0.25, 0.3) is 0 Å². The Morgan fingerprint density at radius 1 is 1.14 bits per heavy atom. The Bertz CT molecular complexity index is 299. The van der Waals surface area contributed by atoms with Crippen molar-refractivity contribution >= 4 is 11.6 Å². The van der Waals surface area contributed by atoms with Crippen molar-refractivity contribution in [3.8, 4) is 0 Å². The molecule has 0 aromatic carbocycles. The van der Waals surface area contributed by atoms with E-state index in [2.05, 4.69) is 15.3 Å². The fraction of sp³-hybridized carbons (Fsp3) is 0.556. The summed E-state index contributed by atoms with van der Waals surface area (Å²) in [7, 11) is 0. The lowest BCUT2D eigenvalue weighted by Crippen LogP contribution is -2.27. The summed E-state index contributed by atoms with van der Waals surface area (Å²) in [4.78, 5) is 8.43. The topological polar surface area (TPSA) is 89.9 Å². The highest BCUT2D eigenvalue weighted by atomic mass is 15.0. The highest BCUT2D eigenvalue weighted by Crippen LogP contribution is 2.23. The van der Waals surface area contributed by atoms with Gasteiger partial charge in [-0.15, -0.1) is 0 Å². The minimum Gasteiger partial charge on any atom is -0.384 e. The molecular weight excluding hydrogens is 178 g/mol. The SMILES string of the molecule is Nc1cc(N)nc(C2CCNCC2)n1. The summed E-state index contributed by atoms with van der Waals surface area (Å²) in [5, 5.41) is 3.30. The number of hydrogen-bond acceptors (Lipinski definition) is 5. The predicted molar refractivity (Wildman–Crippen MR) is 55.7 cm³/mol. The third-order valence-corrected chi connectivity index (χ3v) is 2.49. The van der Waals surface area contributed by atoms with Crippen LogP contribution in [0.1, 0.15) is 24.6 Å². The van der Waals surface area contributed by atoms with Crippen molar-refractivity contribution < 1.29 is 0 Å². The average molecular weight is 193 g/mol. The van der Waals surface area contributed by atoms with Gasteiger partial charge in [-0.05, 0) is 25.9 Å². The summed E-state index contributed by atoms with van der Waals surface area (Å²) in [5.74, 6) is 2.13. The highest BCUT2D eigenvalue weighted by molar-refractivity contribution is 5.41. The van der Waals surface area contributed by atoms with Crippen LogP contribution in [0.3, 0.4) is 0 Å². The Labute approximate surface area is 82.9 Å². The van der Waals surface area contributed by atoms with Gasteiger partial charge in [0.1, 0.15) is 17.5 Å². The van der Waals surface area contributed by atoms with Crippen LogP contribution in [0.2, 0.25) is 0 Å². The molecule has 1 aliphatic rings. The van der Waals surface area contributed by atoms with Gasteiger partial charge in [-0.3, -0.25) is 0 Å². The molecule has 0 unspecified atom stereocenters. The van der Waals surface area contributed by atoms with E-state index in [0.717, 1.165) is 31.8 Å². The quantitative estimate of drug-likeness (QED) is 0.589. The number of rotatable bonds is 1. The van der Waals surface area contributed by atoms with Gasteiger partial charge in [0.15, 0.2) is 0 Å². The molecule has 0 spiro atoms. The maximum Gasteiger partial charge on any atom is 0.136 e. The van der Waals surface area contributed by atoms with Crippen molar-refractivity contribution in [1.82, 2.24) is 15.3 Å². The number of aromatic nitrogens is 2. The lowest BCUT2D eigenvalue weighted by Gasteiger charge is -2.21. The van der Waals surface area contributed by atoms with Gasteiger partial charge in [-0.1, -0.05) is 0 Å². The number of anilines is 2. The Hall–Kier alpha value is -1.36. The molecule has 76 valence electrons. The molecule has 0 saturated carbocycles.